The molecule has 0 radical (unpaired) electrons. The number of furan rings is 1. The molecule has 10 heteroatoms. The van der Waals surface area contributed by atoms with Gasteiger partial charge in [0, 0.05) is 24.1 Å². The van der Waals surface area contributed by atoms with Gasteiger partial charge in [-0.15, -0.1) is 10.2 Å². The summed E-state index contributed by atoms with van der Waals surface area (Å²) in [7, 11) is 0. The van der Waals surface area contributed by atoms with Crippen LogP contribution in [-0.4, -0.2) is 31.4 Å². The molecule has 0 bridgehead atoms. The quantitative estimate of drug-likeness (QED) is 0.199. The minimum atomic E-state index is -0.364. The van der Waals surface area contributed by atoms with E-state index < -0.39 is 0 Å². The highest BCUT2D eigenvalue weighted by Crippen LogP contribution is 2.29. The van der Waals surface area contributed by atoms with Crippen LogP contribution in [0.4, 0.5) is 8.78 Å². The van der Waals surface area contributed by atoms with Gasteiger partial charge in [-0.25, -0.2) is 13.8 Å². The molecular weight excluding hydrogens is 484 g/mol. The van der Waals surface area contributed by atoms with Crippen LogP contribution < -0.4 is 5.32 Å². The summed E-state index contributed by atoms with van der Waals surface area (Å²) in [6.07, 6.45) is 3.55. The lowest BCUT2D eigenvalue weighted by Gasteiger charge is -2.07. The van der Waals surface area contributed by atoms with Gasteiger partial charge in [0.05, 0.1) is 18.3 Å². The normalized spacial score (nSPS) is 11.4. The number of hydrogen-bond acceptors (Lipinski definition) is 6. The van der Waals surface area contributed by atoms with Gasteiger partial charge in [-0.1, -0.05) is 23.9 Å². The number of aromatic nitrogens is 4. The van der Waals surface area contributed by atoms with Crippen LogP contribution in [0.15, 0.2) is 70.4 Å². The molecule has 0 unspecified atom stereocenters. The molecule has 0 spiro atoms. The van der Waals surface area contributed by atoms with E-state index in [1.165, 1.54) is 36.0 Å². The van der Waals surface area contributed by atoms with Crippen LogP contribution in [0.1, 0.15) is 30.6 Å². The molecule has 0 saturated heterocycles. The number of carbonyl (C=O) groups excluding carboxylic acids is 1. The number of carbonyl (C=O) groups is 1. The summed E-state index contributed by atoms with van der Waals surface area (Å²) in [4.78, 5) is 16.7. The van der Waals surface area contributed by atoms with Gasteiger partial charge >= 0.3 is 0 Å². The maximum absolute atomic E-state index is 14.0. The van der Waals surface area contributed by atoms with Gasteiger partial charge in [-0.2, -0.15) is 0 Å². The summed E-state index contributed by atoms with van der Waals surface area (Å²) in [5.41, 5.74) is 2.77. The highest BCUT2D eigenvalue weighted by atomic mass is 32.2. The molecule has 0 atom stereocenters. The molecule has 0 fully saturated rings. The first-order valence-corrected chi connectivity index (χ1v) is 12.5. The highest BCUT2D eigenvalue weighted by Gasteiger charge is 2.16. The minimum absolute atomic E-state index is 0.0201. The zero-order valence-corrected chi connectivity index (χ0v) is 20.1. The monoisotopic (exact) mass is 507 g/mol. The van der Waals surface area contributed by atoms with Crippen molar-refractivity contribution in [2.45, 2.75) is 37.5 Å². The first kappa shape index (κ1) is 23.9. The number of halogens is 2. The Morgan fingerprint density at radius 2 is 1.86 bits per heavy atom. The number of amides is 1. The molecule has 2 aromatic carbocycles. The van der Waals surface area contributed by atoms with Gasteiger partial charge in [0.15, 0.2) is 5.65 Å². The Labute approximate surface area is 209 Å². The summed E-state index contributed by atoms with van der Waals surface area (Å²) in [6.45, 7) is 0.817. The third kappa shape index (κ3) is 5.54. The standard InChI is InChI=1S/C26H23F2N5O2S/c27-18-8-6-17(7-9-18)16-33-22-11-10-19(28)14-21(22)24-25(33)30-26(32-31-24)36-13-2-1-5-23(34)29-15-20-4-3-12-35-20/h3-4,6-12,14H,1-2,5,13,15-16H2,(H,29,34). The predicted octanol–water partition coefficient (Wildman–Crippen LogP) is 5.48. The first-order valence-electron chi connectivity index (χ1n) is 11.6. The SMILES string of the molecule is O=C(CCCCSc1nnc2c3cc(F)ccc3n(Cc3ccc(F)cc3)c2n1)NCc1ccco1. The molecular formula is C26H23F2N5O2S. The zero-order chi connectivity index (χ0) is 24.9. The van der Waals surface area contributed by atoms with Gasteiger partial charge in [-0.3, -0.25) is 4.79 Å². The molecule has 184 valence electrons. The van der Waals surface area contributed by atoms with Crippen LogP contribution in [0, 0.1) is 11.6 Å². The average Bonchev–Trinajstić information content (AvgIpc) is 3.50. The maximum atomic E-state index is 14.0. The van der Waals surface area contributed by atoms with Gasteiger partial charge in [0.25, 0.3) is 0 Å². The van der Waals surface area contributed by atoms with E-state index in [-0.39, 0.29) is 17.5 Å². The second-order valence-corrected chi connectivity index (χ2v) is 9.36. The maximum Gasteiger partial charge on any atom is 0.220 e. The lowest BCUT2D eigenvalue weighted by Crippen LogP contribution is -2.22. The van der Waals surface area contributed by atoms with Crippen molar-refractivity contribution in [2.24, 2.45) is 0 Å². The van der Waals surface area contributed by atoms with Gasteiger partial charge in [0.1, 0.15) is 22.9 Å². The van der Waals surface area contributed by atoms with Crippen molar-refractivity contribution < 1.29 is 18.0 Å². The summed E-state index contributed by atoms with van der Waals surface area (Å²) in [5.74, 6) is 0.759. The molecule has 7 nitrogen and oxygen atoms in total. The molecule has 0 aliphatic carbocycles. The number of hydrogen-bond donors (Lipinski definition) is 1. The molecule has 3 aromatic heterocycles. The first-order chi connectivity index (χ1) is 17.6. The number of nitrogens with one attached hydrogen (secondary N) is 1. The second kappa shape index (κ2) is 10.9. The van der Waals surface area contributed by atoms with Crippen LogP contribution in [0.25, 0.3) is 22.1 Å². The van der Waals surface area contributed by atoms with Crippen LogP contribution in [0.3, 0.4) is 0 Å². The molecule has 1 N–H and O–H groups in total. The third-order valence-corrected chi connectivity index (χ3v) is 6.66. The predicted molar refractivity (Wildman–Crippen MR) is 133 cm³/mol. The van der Waals surface area contributed by atoms with Crippen LogP contribution in [0.2, 0.25) is 0 Å². The number of nitrogens with zero attached hydrogens (tertiary/aromatic N) is 4. The Hall–Kier alpha value is -3.79. The van der Waals surface area contributed by atoms with E-state index in [0.717, 1.165) is 35.4 Å². The molecule has 0 saturated carbocycles. The number of thioether (sulfide) groups is 1. The molecule has 0 aliphatic rings. The Morgan fingerprint density at radius 1 is 1.03 bits per heavy atom. The van der Waals surface area contributed by atoms with E-state index in [0.29, 0.717) is 41.2 Å². The van der Waals surface area contributed by atoms with E-state index >= 15 is 0 Å². The summed E-state index contributed by atoms with van der Waals surface area (Å²) < 4.78 is 34.5. The minimum Gasteiger partial charge on any atom is -0.467 e. The van der Waals surface area contributed by atoms with Crippen LogP contribution >= 0.6 is 11.8 Å². The number of unbranched alkanes of at least 4 members (excludes halogenated alkanes) is 1. The van der Waals surface area contributed by atoms with Crippen LogP contribution in [-0.2, 0) is 17.9 Å². The van der Waals surface area contributed by atoms with E-state index in [1.54, 1.807) is 30.5 Å². The second-order valence-electron chi connectivity index (χ2n) is 8.30. The summed E-state index contributed by atoms with van der Waals surface area (Å²) in [6, 6.07) is 14.4. The Balaban J connectivity index is 1.25. The highest BCUT2D eigenvalue weighted by molar-refractivity contribution is 7.99. The zero-order valence-electron chi connectivity index (χ0n) is 19.3. The van der Waals surface area contributed by atoms with Crippen molar-refractivity contribution in [3.63, 3.8) is 0 Å². The fourth-order valence-electron chi connectivity index (χ4n) is 3.95. The van der Waals surface area contributed by atoms with Crippen molar-refractivity contribution in [3.8, 4) is 0 Å². The Morgan fingerprint density at radius 3 is 2.67 bits per heavy atom. The van der Waals surface area contributed by atoms with Crippen molar-refractivity contribution >= 4 is 39.7 Å². The van der Waals surface area contributed by atoms with Gasteiger partial charge in [0.2, 0.25) is 11.1 Å². The molecule has 5 aromatic rings. The molecule has 0 aliphatic heterocycles. The largest absolute Gasteiger partial charge is 0.467 e. The van der Waals surface area contributed by atoms with Gasteiger partial charge < -0.3 is 14.3 Å². The third-order valence-electron chi connectivity index (χ3n) is 5.73. The van der Waals surface area contributed by atoms with Gasteiger partial charge in [-0.05, 0) is 60.9 Å². The number of benzene rings is 2. The number of fused-ring (bicyclic) bond motifs is 3. The Kier molecular flexibility index (Phi) is 7.22. The van der Waals surface area contributed by atoms with Crippen molar-refractivity contribution in [1.82, 2.24) is 25.1 Å². The smallest absolute Gasteiger partial charge is 0.220 e. The fourth-order valence-corrected chi connectivity index (χ4v) is 4.73. The molecule has 3 heterocycles. The lowest BCUT2D eigenvalue weighted by atomic mass is 10.2. The summed E-state index contributed by atoms with van der Waals surface area (Å²) in [5, 5.41) is 12.6. The topological polar surface area (TPSA) is 85.8 Å². The average molecular weight is 508 g/mol. The fraction of sp³-hybridized carbons (Fsp3) is 0.231. The van der Waals surface area contributed by atoms with E-state index in [2.05, 4.69) is 15.5 Å². The van der Waals surface area contributed by atoms with E-state index in [1.807, 2.05) is 10.6 Å². The van der Waals surface area contributed by atoms with E-state index in [9.17, 15) is 13.6 Å². The molecule has 1 amide bonds. The van der Waals surface area contributed by atoms with E-state index in [4.69, 9.17) is 9.40 Å². The van der Waals surface area contributed by atoms with Crippen molar-refractivity contribution in [2.75, 3.05) is 5.75 Å². The molecule has 36 heavy (non-hydrogen) atoms. The molecule has 5 rings (SSSR count). The van der Waals surface area contributed by atoms with Crippen molar-refractivity contribution in [1.29, 1.82) is 0 Å². The van der Waals surface area contributed by atoms with Crippen molar-refractivity contribution in [3.05, 3.63) is 83.8 Å². The van der Waals surface area contributed by atoms with Crippen LogP contribution in [0.5, 0.6) is 0 Å². The Bertz CT molecular complexity index is 1490. The lowest BCUT2D eigenvalue weighted by molar-refractivity contribution is -0.121. The summed E-state index contributed by atoms with van der Waals surface area (Å²) >= 11 is 1.46. The number of rotatable bonds is 10.